The maximum absolute atomic E-state index is 11.5. The summed E-state index contributed by atoms with van der Waals surface area (Å²) in [4.78, 5) is 0. The zero-order chi connectivity index (χ0) is 11.0. The van der Waals surface area contributed by atoms with E-state index in [1.165, 1.54) is 14.2 Å². The predicted octanol–water partition coefficient (Wildman–Crippen LogP) is 3.33. The first-order valence-electron chi connectivity index (χ1n) is 4.30. The van der Waals surface area contributed by atoms with Crippen LogP contribution in [0.25, 0.3) is 0 Å². The molecule has 0 bridgehead atoms. The van der Waals surface area contributed by atoms with Gasteiger partial charge in [0.1, 0.15) is 0 Å². The minimum absolute atomic E-state index is 0.0467. The molecule has 0 spiro atoms. The van der Waals surface area contributed by atoms with Gasteiger partial charge in [0.25, 0.3) is 0 Å². The quantitative estimate of drug-likeness (QED) is 0.390. The second kappa shape index (κ2) is 7.30. The van der Waals surface area contributed by atoms with Gasteiger partial charge in [-0.2, -0.15) is 0 Å². The van der Waals surface area contributed by atoms with Gasteiger partial charge in [-0.3, -0.25) is 4.57 Å². The third-order valence-electron chi connectivity index (χ3n) is 1.51. The molecule has 14 heavy (non-hydrogen) atoms. The van der Waals surface area contributed by atoms with E-state index in [1.807, 2.05) is 6.92 Å². The molecule has 0 unspecified atom stereocenters. The topological polar surface area (TPSA) is 44.8 Å². The van der Waals surface area contributed by atoms with Crippen molar-refractivity contribution in [2.24, 2.45) is 0 Å². The number of rotatable bonds is 7. The lowest BCUT2D eigenvalue weighted by molar-refractivity contribution is 0.228. The average molecular weight is 243 g/mol. The van der Waals surface area contributed by atoms with Crippen molar-refractivity contribution >= 4 is 19.2 Å². The lowest BCUT2D eigenvalue weighted by Crippen LogP contribution is -1.91. The number of unbranched alkanes of at least 4 members (excludes halogenated alkanes) is 1. The summed E-state index contributed by atoms with van der Waals surface area (Å²) in [5, 5.41) is 0.0467. The molecule has 0 radical (unpaired) electrons. The lowest BCUT2D eigenvalue weighted by atomic mass is 10.4. The van der Waals surface area contributed by atoms with Crippen LogP contribution in [0.1, 0.15) is 19.8 Å². The molecule has 0 saturated carbocycles. The maximum atomic E-state index is 11.5. The summed E-state index contributed by atoms with van der Waals surface area (Å²) in [6.45, 7) is 2.54. The molecule has 0 aliphatic carbocycles. The molecule has 0 aliphatic rings. The van der Waals surface area contributed by atoms with Crippen LogP contribution in [0.15, 0.2) is 11.0 Å². The van der Waals surface area contributed by atoms with E-state index in [2.05, 4.69) is 9.05 Å². The first-order valence-corrected chi connectivity index (χ1v) is 6.29. The molecule has 0 N–H and O–H groups in total. The third kappa shape index (κ3) is 5.66. The number of ether oxygens (including phenoxy) is 1. The highest BCUT2D eigenvalue weighted by atomic mass is 35.5. The van der Waals surface area contributed by atoms with E-state index in [-0.39, 0.29) is 5.22 Å². The molecule has 0 saturated heterocycles. The van der Waals surface area contributed by atoms with E-state index in [9.17, 15) is 4.57 Å². The van der Waals surface area contributed by atoms with E-state index in [1.54, 1.807) is 0 Å². The number of halogens is 1. The van der Waals surface area contributed by atoms with Crippen molar-refractivity contribution in [2.45, 2.75) is 19.8 Å². The molecule has 6 heteroatoms. The van der Waals surface area contributed by atoms with Gasteiger partial charge in [-0.15, -0.1) is 0 Å². The Kier molecular flexibility index (Phi) is 7.28. The van der Waals surface area contributed by atoms with Crippen LogP contribution in [-0.4, -0.2) is 20.8 Å². The smallest absolute Gasteiger partial charge is 0.358 e. The molecular formula is C8H16ClO4P. The fraction of sp³-hybridized carbons (Fsp3) is 0.750. The second-order valence-electron chi connectivity index (χ2n) is 2.54. The first-order chi connectivity index (χ1) is 6.58. The van der Waals surface area contributed by atoms with Gasteiger partial charge < -0.3 is 13.8 Å². The second-order valence-corrected chi connectivity index (χ2v) is 4.98. The summed E-state index contributed by atoms with van der Waals surface area (Å²) in [5.74, 6) is 1.16. The minimum Gasteiger partial charge on any atom is -0.483 e. The maximum Gasteiger partial charge on any atom is 0.358 e. The molecule has 0 aromatic heterocycles. The molecule has 0 amide bonds. The first kappa shape index (κ1) is 14.0. The fourth-order valence-corrected chi connectivity index (χ4v) is 1.77. The molecule has 84 valence electrons. The molecule has 0 aromatic rings. The highest BCUT2D eigenvalue weighted by molar-refractivity contribution is 7.57. The monoisotopic (exact) mass is 242 g/mol. The minimum atomic E-state index is -3.20. The Labute approximate surface area is 89.7 Å². The summed E-state index contributed by atoms with van der Waals surface area (Å²) in [5.41, 5.74) is 0. The van der Waals surface area contributed by atoms with Gasteiger partial charge in [-0.1, -0.05) is 13.3 Å². The van der Waals surface area contributed by atoms with Crippen LogP contribution in [0.2, 0.25) is 0 Å². The van der Waals surface area contributed by atoms with Crippen molar-refractivity contribution < 1.29 is 18.3 Å². The molecule has 0 aliphatic heterocycles. The number of hydrogen-bond donors (Lipinski definition) is 0. The van der Waals surface area contributed by atoms with Gasteiger partial charge in [0, 0.05) is 14.2 Å². The fourth-order valence-electron chi connectivity index (χ4n) is 0.656. The van der Waals surface area contributed by atoms with Crippen LogP contribution < -0.4 is 0 Å². The lowest BCUT2D eigenvalue weighted by Gasteiger charge is -2.09. The summed E-state index contributed by atoms with van der Waals surface area (Å²) in [7, 11) is -0.628. The Morgan fingerprint density at radius 2 is 2.00 bits per heavy atom. The van der Waals surface area contributed by atoms with E-state index in [4.69, 9.17) is 16.3 Å². The Morgan fingerprint density at radius 3 is 2.43 bits per heavy atom. The van der Waals surface area contributed by atoms with Gasteiger partial charge in [0.15, 0.2) is 5.22 Å². The Hall–Kier alpha value is -0.0200. The van der Waals surface area contributed by atoms with Gasteiger partial charge >= 0.3 is 7.60 Å². The van der Waals surface area contributed by atoms with Crippen molar-refractivity contribution in [1.29, 1.82) is 0 Å². The third-order valence-corrected chi connectivity index (χ3v) is 3.45. The summed E-state index contributed by atoms with van der Waals surface area (Å²) in [6.07, 6.45) is 1.91. The summed E-state index contributed by atoms with van der Waals surface area (Å²) >= 11 is 5.67. The van der Waals surface area contributed by atoms with Crippen molar-refractivity contribution in [1.82, 2.24) is 0 Å². The largest absolute Gasteiger partial charge is 0.483 e. The zero-order valence-electron chi connectivity index (χ0n) is 8.66. The van der Waals surface area contributed by atoms with E-state index >= 15 is 0 Å². The van der Waals surface area contributed by atoms with Gasteiger partial charge in [-0.25, -0.2) is 0 Å². The Morgan fingerprint density at radius 1 is 1.43 bits per heavy atom. The Bertz CT molecular complexity index is 221. The Balaban J connectivity index is 4.13. The van der Waals surface area contributed by atoms with Gasteiger partial charge in [0.05, 0.1) is 12.4 Å². The molecule has 4 nitrogen and oxygen atoms in total. The van der Waals surface area contributed by atoms with Gasteiger partial charge in [-0.05, 0) is 18.0 Å². The van der Waals surface area contributed by atoms with E-state index in [0.29, 0.717) is 6.61 Å². The molecular weight excluding hydrogens is 227 g/mol. The highest BCUT2D eigenvalue weighted by Gasteiger charge is 2.18. The van der Waals surface area contributed by atoms with E-state index in [0.717, 1.165) is 18.7 Å². The zero-order valence-corrected chi connectivity index (χ0v) is 10.3. The van der Waals surface area contributed by atoms with Crippen molar-refractivity contribution in [2.75, 3.05) is 20.8 Å². The molecule has 0 heterocycles. The molecule has 0 fully saturated rings. The normalized spacial score (nSPS) is 13.0. The van der Waals surface area contributed by atoms with Crippen LogP contribution in [0.4, 0.5) is 0 Å². The van der Waals surface area contributed by atoms with Crippen LogP contribution in [0.3, 0.4) is 0 Å². The standard InChI is InChI=1S/C8H16ClO4P/c1-4-5-6-13-8(9)7-14(10,11-2)12-3/h7H,4-6H2,1-3H3/b8-7+. The highest BCUT2D eigenvalue weighted by Crippen LogP contribution is 2.49. The van der Waals surface area contributed by atoms with Crippen molar-refractivity contribution in [3.8, 4) is 0 Å². The molecule has 0 aromatic carbocycles. The average Bonchev–Trinajstić information content (AvgIpc) is 2.18. The van der Waals surface area contributed by atoms with Crippen LogP contribution >= 0.6 is 19.2 Å². The van der Waals surface area contributed by atoms with E-state index < -0.39 is 7.60 Å². The van der Waals surface area contributed by atoms with Crippen LogP contribution in [0.5, 0.6) is 0 Å². The SMILES string of the molecule is CCCCO/C(Cl)=C/P(=O)(OC)OC. The van der Waals surface area contributed by atoms with Crippen LogP contribution in [0, 0.1) is 0 Å². The predicted molar refractivity (Wildman–Crippen MR) is 56.4 cm³/mol. The summed E-state index contributed by atoms with van der Waals surface area (Å²) < 4.78 is 25.9. The van der Waals surface area contributed by atoms with Crippen molar-refractivity contribution in [3.63, 3.8) is 0 Å². The molecule has 0 atom stereocenters. The molecule has 0 rings (SSSR count). The van der Waals surface area contributed by atoms with Crippen LogP contribution in [-0.2, 0) is 18.3 Å². The van der Waals surface area contributed by atoms with Crippen molar-refractivity contribution in [3.05, 3.63) is 11.0 Å². The summed E-state index contributed by atoms with van der Waals surface area (Å²) in [6, 6.07) is 0. The van der Waals surface area contributed by atoms with Gasteiger partial charge in [0.2, 0.25) is 0 Å². The number of hydrogen-bond acceptors (Lipinski definition) is 4.